The third-order valence-electron chi connectivity index (χ3n) is 3.32. The van der Waals surface area contributed by atoms with E-state index in [1.165, 1.54) is 6.07 Å². The standard InChI is InChI=1S/C13H17ClFNO2/c1-3-16(4-2)12-9-5-8(14)6-10(15)13(9)18-7-11(12)17/h5-6,11-12,17H,3-4,7H2,1-2H3. The Kier molecular flexibility index (Phi) is 4.10. The van der Waals surface area contributed by atoms with E-state index in [1.54, 1.807) is 6.07 Å². The Morgan fingerprint density at radius 1 is 1.44 bits per heavy atom. The summed E-state index contributed by atoms with van der Waals surface area (Å²) in [5.41, 5.74) is 0.627. The van der Waals surface area contributed by atoms with Crippen LogP contribution >= 0.6 is 11.6 Å². The van der Waals surface area contributed by atoms with E-state index in [0.29, 0.717) is 10.6 Å². The van der Waals surface area contributed by atoms with Crippen molar-refractivity contribution < 1.29 is 14.2 Å². The highest BCUT2D eigenvalue weighted by molar-refractivity contribution is 6.30. The second-order valence-electron chi connectivity index (χ2n) is 4.35. The van der Waals surface area contributed by atoms with E-state index in [0.717, 1.165) is 13.1 Å². The number of fused-ring (bicyclic) bond motifs is 1. The van der Waals surface area contributed by atoms with Gasteiger partial charge in [0.2, 0.25) is 0 Å². The summed E-state index contributed by atoms with van der Waals surface area (Å²) in [6, 6.07) is 2.64. The Balaban J connectivity index is 2.49. The molecule has 3 nitrogen and oxygen atoms in total. The first-order chi connectivity index (χ1) is 8.58. The van der Waals surface area contributed by atoms with Gasteiger partial charge in [-0.25, -0.2) is 4.39 Å². The van der Waals surface area contributed by atoms with Crippen molar-refractivity contribution in [1.82, 2.24) is 4.90 Å². The molecule has 1 aromatic carbocycles. The lowest BCUT2D eigenvalue weighted by atomic mass is 9.96. The van der Waals surface area contributed by atoms with Crippen LogP contribution in [0, 0.1) is 5.82 Å². The topological polar surface area (TPSA) is 32.7 Å². The molecule has 0 radical (unpaired) electrons. The van der Waals surface area contributed by atoms with Gasteiger partial charge in [-0.3, -0.25) is 4.90 Å². The Hall–Kier alpha value is -0.840. The molecule has 0 spiro atoms. The van der Waals surface area contributed by atoms with Crippen LogP contribution in [-0.2, 0) is 0 Å². The maximum atomic E-state index is 13.8. The Bertz CT molecular complexity index is 437. The normalized spacial score (nSPS) is 22.8. The molecule has 2 atom stereocenters. The molecule has 0 amide bonds. The zero-order chi connectivity index (χ0) is 13.3. The summed E-state index contributed by atoms with van der Waals surface area (Å²) >= 11 is 5.89. The van der Waals surface area contributed by atoms with E-state index in [4.69, 9.17) is 16.3 Å². The van der Waals surface area contributed by atoms with E-state index >= 15 is 0 Å². The van der Waals surface area contributed by atoms with Crippen LogP contribution in [0.4, 0.5) is 4.39 Å². The van der Waals surface area contributed by atoms with Gasteiger partial charge in [0, 0.05) is 10.6 Å². The van der Waals surface area contributed by atoms with Crippen LogP contribution in [0.1, 0.15) is 25.5 Å². The van der Waals surface area contributed by atoms with Gasteiger partial charge < -0.3 is 9.84 Å². The lowest BCUT2D eigenvalue weighted by Gasteiger charge is -2.37. The first-order valence-corrected chi connectivity index (χ1v) is 6.50. The predicted octanol–water partition coefficient (Wildman–Crippen LogP) is 2.62. The molecule has 0 aliphatic carbocycles. The number of aliphatic hydroxyl groups excluding tert-OH is 1. The van der Waals surface area contributed by atoms with Crippen LogP contribution < -0.4 is 4.74 Å². The first-order valence-electron chi connectivity index (χ1n) is 6.12. The summed E-state index contributed by atoms with van der Waals surface area (Å²) in [6.07, 6.45) is -0.671. The molecule has 0 aromatic heterocycles. The molecule has 1 aromatic rings. The van der Waals surface area contributed by atoms with Crippen molar-refractivity contribution in [2.45, 2.75) is 26.0 Å². The highest BCUT2D eigenvalue weighted by Crippen LogP contribution is 2.39. The highest BCUT2D eigenvalue weighted by atomic mass is 35.5. The van der Waals surface area contributed by atoms with Gasteiger partial charge in [0.1, 0.15) is 12.7 Å². The van der Waals surface area contributed by atoms with Gasteiger partial charge in [-0.15, -0.1) is 0 Å². The van der Waals surface area contributed by atoms with Crippen LogP contribution in [-0.4, -0.2) is 35.8 Å². The minimum atomic E-state index is -0.671. The summed E-state index contributed by atoms with van der Waals surface area (Å²) in [7, 11) is 0. The number of rotatable bonds is 3. The van der Waals surface area contributed by atoms with Gasteiger partial charge in [-0.2, -0.15) is 0 Å². The maximum Gasteiger partial charge on any atom is 0.166 e. The summed E-state index contributed by atoms with van der Waals surface area (Å²) in [4.78, 5) is 2.07. The minimum Gasteiger partial charge on any atom is -0.487 e. The van der Waals surface area contributed by atoms with Crippen molar-refractivity contribution in [3.63, 3.8) is 0 Å². The molecule has 2 unspecified atom stereocenters. The van der Waals surface area contributed by atoms with Crippen molar-refractivity contribution >= 4 is 11.6 Å². The number of aliphatic hydroxyl groups is 1. The van der Waals surface area contributed by atoms with Crippen molar-refractivity contribution in [2.24, 2.45) is 0 Å². The molecule has 1 aliphatic heterocycles. The maximum absolute atomic E-state index is 13.8. The zero-order valence-electron chi connectivity index (χ0n) is 10.5. The molecule has 1 aliphatic rings. The lowest BCUT2D eigenvalue weighted by molar-refractivity contribution is 0.00200. The largest absolute Gasteiger partial charge is 0.487 e. The van der Waals surface area contributed by atoms with Crippen molar-refractivity contribution in [3.8, 4) is 5.75 Å². The fourth-order valence-electron chi connectivity index (χ4n) is 2.48. The van der Waals surface area contributed by atoms with Crippen LogP contribution in [0.25, 0.3) is 0 Å². The molecule has 18 heavy (non-hydrogen) atoms. The van der Waals surface area contributed by atoms with E-state index in [9.17, 15) is 9.50 Å². The summed E-state index contributed by atoms with van der Waals surface area (Å²) in [5, 5.41) is 10.4. The average molecular weight is 274 g/mol. The molecule has 1 N–H and O–H groups in total. The molecule has 0 saturated heterocycles. The number of likely N-dealkylation sites (N-methyl/N-ethyl adjacent to an activating group) is 1. The van der Waals surface area contributed by atoms with Gasteiger partial charge in [0.15, 0.2) is 11.6 Å². The fraction of sp³-hybridized carbons (Fsp3) is 0.538. The summed E-state index contributed by atoms with van der Waals surface area (Å²) < 4.78 is 19.1. The number of halogens is 2. The molecule has 0 fully saturated rings. The third kappa shape index (κ3) is 2.32. The molecule has 1 heterocycles. The number of benzene rings is 1. The Morgan fingerprint density at radius 2 is 2.11 bits per heavy atom. The highest BCUT2D eigenvalue weighted by Gasteiger charge is 2.34. The number of nitrogens with zero attached hydrogens (tertiary/aromatic N) is 1. The molecule has 0 bridgehead atoms. The number of hydrogen-bond acceptors (Lipinski definition) is 3. The van der Waals surface area contributed by atoms with E-state index in [-0.39, 0.29) is 18.4 Å². The fourth-order valence-corrected chi connectivity index (χ4v) is 2.69. The molecule has 0 saturated carbocycles. The van der Waals surface area contributed by atoms with E-state index < -0.39 is 11.9 Å². The lowest BCUT2D eigenvalue weighted by Crippen LogP contribution is -2.42. The molecular formula is C13H17ClFNO2. The minimum absolute atomic E-state index is 0.104. The summed E-state index contributed by atoms with van der Waals surface area (Å²) in [5.74, 6) is -0.261. The molecule has 2 rings (SSSR count). The summed E-state index contributed by atoms with van der Waals surface area (Å²) in [6.45, 7) is 5.66. The van der Waals surface area contributed by atoms with Gasteiger partial charge in [0.25, 0.3) is 0 Å². The van der Waals surface area contributed by atoms with Crippen LogP contribution in [0.2, 0.25) is 5.02 Å². The number of ether oxygens (including phenoxy) is 1. The SMILES string of the molecule is CCN(CC)C1c2cc(Cl)cc(F)c2OCC1O. The van der Waals surface area contributed by atoms with Gasteiger partial charge in [-0.05, 0) is 25.2 Å². The van der Waals surface area contributed by atoms with Crippen LogP contribution in [0.3, 0.4) is 0 Å². The second kappa shape index (κ2) is 5.43. The molecule has 100 valence electrons. The predicted molar refractivity (Wildman–Crippen MR) is 68.6 cm³/mol. The monoisotopic (exact) mass is 273 g/mol. The van der Waals surface area contributed by atoms with Crippen molar-refractivity contribution in [1.29, 1.82) is 0 Å². The van der Waals surface area contributed by atoms with Crippen LogP contribution in [0.15, 0.2) is 12.1 Å². The quantitative estimate of drug-likeness (QED) is 0.919. The molecular weight excluding hydrogens is 257 g/mol. The van der Waals surface area contributed by atoms with E-state index in [2.05, 4.69) is 4.90 Å². The van der Waals surface area contributed by atoms with Crippen LogP contribution in [0.5, 0.6) is 5.75 Å². The van der Waals surface area contributed by atoms with Gasteiger partial charge in [-0.1, -0.05) is 25.4 Å². The average Bonchev–Trinajstić information content (AvgIpc) is 2.33. The third-order valence-corrected chi connectivity index (χ3v) is 3.54. The second-order valence-corrected chi connectivity index (χ2v) is 4.79. The van der Waals surface area contributed by atoms with Gasteiger partial charge >= 0.3 is 0 Å². The Labute approximate surface area is 111 Å². The van der Waals surface area contributed by atoms with Gasteiger partial charge in [0.05, 0.1) is 6.04 Å². The van der Waals surface area contributed by atoms with Crippen molar-refractivity contribution in [3.05, 3.63) is 28.5 Å². The van der Waals surface area contributed by atoms with Crippen molar-refractivity contribution in [2.75, 3.05) is 19.7 Å². The van der Waals surface area contributed by atoms with E-state index in [1.807, 2.05) is 13.8 Å². The number of hydrogen-bond donors (Lipinski definition) is 1. The zero-order valence-corrected chi connectivity index (χ0v) is 11.2. The Morgan fingerprint density at radius 3 is 2.72 bits per heavy atom. The first kappa shape index (κ1) is 13.6. The molecule has 5 heteroatoms. The smallest absolute Gasteiger partial charge is 0.166 e.